The van der Waals surface area contributed by atoms with Crippen molar-refractivity contribution >= 4 is 5.91 Å². The summed E-state index contributed by atoms with van der Waals surface area (Å²) in [6.07, 6.45) is -0.667. The zero-order valence-corrected chi connectivity index (χ0v) is 17.7. The van der Waals surface area contributed by atoms with Gasteiger partial charge >= 0.3 is 0 Å². The number of hydrogen-bond donors (Lipinski definition) is 0. The number of benzene rings is 3. The fourth-order valence-corrected chi connectivity index (χ4v) is 3.81. The maximum absolute atomic E-state index is 13.3. The fraction of sp³-hybridized carbons (Fsp3) is 0.240. The average Bonchev–Trinajstić information content (AvgIpc) is 2.79. The maximum atomic E-state index is 13.3. The molecule has 0 unspecified atom stereocenters. The normalized spacial score (nSPS) is 17.8. The summed E-state index contributed by atoms with van der Waals surface area (Å²) in [5, 5.41) is 0. The van der Waals surface area contributed by atoms with Crippen LogP contribution in [0.4, 0.5) is 4.39 Å². The molecule has 0 radical (unpaired) electrons. The van der Waals surface area contributed by atoms with Crippen LogP contribution < -0.4 is 14.2 Å². The van der Waals surface area contributed by atoms with Crippen molar-refractivity contribution < 1.29 is 23.4 Å². The van der Waals surface area contributed by atoms with Gasteiger partial charge in [0, 0.05) is 6.54 Å². The topological polar surface area (TPSA) is 48.0 Å². The number of carbonyl (C=O) groups is 1. The minimum absolute atomic E-state index is 0.118. The van der Waals surface area contributed by atoms with Crippen LogP contribution in [0, 0.1) is 12.7 Å². The fourth-order valence-electron chi connectivity index (χ4n) is 3.81. The maximum Gasteiger partial charge on any atom is 0.267 e. The smallest absolute Gasteiger partial charge is 0.267 e. The predicted molar refractivity (Wildman–Crippen MR) is 115 cm³/mol. The first-order valence-electron chi connectivity index (χ1n) is 10.0. The van der Waals surface area contributed by atoms with E-state index in [4.69, 9.17) is 14.2 Å². The number of methoxy groups -OCH3 is 2. The van der Waals surface area contributed by atoms with Gasteiger partial charge in [-0.05, 0) is 53.9 Å². The molecule has 0 spiro atoms. The molecule has 0 aromatic heterocycles. The van der Waals surface area contributed by atoms with Crippen LogP contribution in [0.25, 0.3) is 0 Å². The van der Waals surface area contributed by atoms with Crippen molar-refractivity contribution in [1.29, 1.82) is 0 Å². The third-order valence-electron chi connectivity index (χ3n) is 5.51. The second-order valence-corrected chi connectivity index (χ2v) is 7.46. The highest BCUT2D eigenvalue weighted by atomic mass is 19.1. The molecule has 1 aliphatic heterocycles. The molecule has 0 bridgehead atoms. The largest absolute Gasteiger partial charge is 0.493 e. The van der Waals surface area contributed by atoms with Gasteiger partial charge in [-0.25, -0.2) is 4.39 Å². The van der Waals surface area contributed by atoms with Crippen molar-refractivity contribution in [3.8, 4) is 17.2 Å². The monoisotopic (exact) mass is 421 g/mol. The molecule has 1 amide bonds. The minimum atomic E-state index is -0.667. The number of para-hydroxylation sites is 1. The summed E-state index contributed by atoms with van der Waals surface area (Å²) in [5.74, 6) is 1.44. The van der Waals surface area contributed by atoms with E-state index in [1.807, 2.05) is 49.4 Å². The summed E-state index contributed by atoms with van der Waals surface area (Å²) in [6.45, 7) is 2.30. The van der Waals surface area contributed by atoms with Gasteiger partial charge in [0.05, 0.1) is 14.2 Å². The first-order chi connectivity index (χ1) is 15.0. The van der Waals surface area contributed by atoms with Crippen molar-refractivity contribution in [2.75, 3.05) is 14.2 Å². The van der Waals surface area contributed by atoms with E-state index in [0.717, 1.165) is 16.7 Å². The van der Waals surface area contributed by atoms with E-state index in [0.29, 0.717) is 23.8 Å². The van der Waals surface area contributed by atoms with Crippen LogP contribution in [0.2, 0.25) is 0 Å². The summed E-state index contributed by atoms with van der Waals surface area (Å²) in [4.78, 5) is 14.8. The molecule has 2 atom stereocenters. The lowest BCUT2D eigenvalue weighted by Crippen LogP contribution is -2.60. The highest BCUT2D eigenvalue weighted by Gasteiger charge is 2.50. The predicted octanol–water partition coefficient (Wildman–Crippen LogP) is 4.68. The molecule has 4 rings (SSSR count). The minimum Gasteiger partial charge on any atom is -0.493 e. The first-order valence-corrected chi connectivity index (χ1v) is 10.0. The van der Waals surface area contributed by atoms with Crippen LogP contribution in [-0.2, 0) is 11.3 Å². The lowest BCUT2D eigenvalue weighted by atomic mass is 9.89. The van der Waals surface area contributed by atoms with Gasteiger partial charge in [0.1, 0.15) is 17.6 Å². The van der Waals surface area contributed by atoms with E-state index in [-0.39, 0.29) is 17.8 Å². The highest BCUT2D eigenvalue weighted by Crippen LogP contribution is 2.42. The Morgan fingerprint density at radius 3 is 2.29 bits per heavy atom. The molecule has 0 N–H and O–H groups in total. The van der Waals surface area contributed by atoms with Gasteiger partial charge in [-0.15, -0.1) is 0 Å². The summed E-state index contributed by atoms with van der Waals surface area (Å²) in [5.41, 5.74) is 2.67. The number of carbonyl (C=O) groups excluding carboxylic acids is 1. The molecule has 3 aromatic rings. The Bertz CT molecular complexity index is 1080. The summed E-state index contributed by atoms with van der Waals surface area (Å²) >= 11 is 0. The SMILES string of the molecule is COc1ccc([C@H]2[C@H](Oc3ccccc3C)C(=O)N2Cc2ccc(F)cc2)cc1OC. The molecular weight excluding hydrogens is 397 g/mol. The van der Waals surface area contributed by atoms with Crippen LogP contribution in [0.3, 0.4) is 0 Å². The molecule has 5 nitrogen and oxygen atoms in total. The summed E-state index contributed by atoms with van der Waals surface area (Å²) < 4.78 is 30.3. The number of halogens is 1. The van der Waals surface area contributed by atoms with E-state index >= 15 is 0 Å². The van der Waals surface area contributed by atoms with Crippen molar-refractivity contribution in [2.45, 2.75) is 25.6 Å². The second kappa shape index (κ2) is 8.68. The van der Waals surface area contributed by atoms with Crippen LogP contribution >= 0.6 is 0 Å². The number of aryl methyl sites for hydroxylation is 1. The summed E-state index contributed by atoms with van der Waals surface area (Å²) in [7, 11) is 3.15. The van der Waals surface area contributed by atoms with Crippen LogP contribution in [-0.4, -0.2) is 31.1 Å². The van der Waals surface area contributed by atoms with Gasteiger partial charge in [0.25, 0.3) is 5.91 Å². The van der Waals surface area contributed by atoms with Gasteiger partial charge in [-0.3, -0.25) is 4.79 Å². The molecule has 0 saturated carbocycles. The van der Waals surface area contributed by atoms with E-state index in [1.54, 1.807) is 31.3 Å². The number of rotatable bonds is 7. The number of ether oxygens (including phenoxy) is 3. The number of nitrogens with zero attached hydrogens (tertiary/aromatic N) is 1. The Balaban J connectivity index is 1.67. The second-order valence-electron chi connectivity index (χ2n) is 7.46. The van der Waals surface area contributed by atoms with Crippen LogP contribution in [0.1, 0.15) is 22.7 Å². The Kier molecular flexibility index (Phi) is 5.80. The van der Waals surface area contributed by atoms with E-state index < -0.39 is 6.10 Å². The van der Waals surface area contributed by atoms with Gasteiger partial charge in [0.2, 0.25) is 6.10 Å². The van der Waals surface area contributed by atoms with Gasteiger partial charge in [-0.2, -0.15) is 0 Å². The van der Waals surface area contributed by atoms with Crippen LogP contribution in [0.5, 0.6) is 17.2 Å². The van der Waals surface area contributed by atoms with Gasteiger partial charge in [0.15, 0.2) is 11.5 Å². The quantitative estimate of drug-likeness (QED) is 0.520. The third-order valence-corrected chi connectivity index (χ3v) is 5.51. The van der Waals surface area contributed by atoms with E-state index in [9.17, 15) is 9.18 Å². The molecule has 0 aliphatic carbocycles. The number of β-lactam (4-membered cyclic amide) rings is 1. The van der Waals surface area contributed by atoms with Crippen molar-refractivity contribution in [1.82, 2.24) is 4.90 Å². The molecule has 3 aromatic carbocycles. The Morgan fingerprint density at radius 1 is 0.903 bits per heavy atom. The number of likely N-dealkylation sites (tertiary alicyclic amines) is 1. The molecule has 1 saturated heterocycles. The lowest BCUT2D eigenvalue weighted by molar-refractivity contribution is -0.165. The Morgan fingerprint density at radius 2 is 1.61 bits per heavy atom. The van der Waals surface area contributed by atoms with Crippen LogP contribution in [0.15, 0.2) is 66.7 Å². The third kappa shape index (κ3) is 4.06. The summed E-state index contributed by atoms with van der Waals surface area (Å²) in [6, 6.07) is 19.0. The van der Waals surface area contributed by atoms with E-state index in [1.165, 1.54) is 12.1 Å². The molecule has 31 heavy (non-hydrogen) atoms. The van der Waals surface area contributed by atoms with Crippen molar-refractivity contribution in [3.05, 3.63) is 89.2 Å². The highest BCUT2D eigenvalue weighted by molar-refractivity contribution is 5.89. The zero-order chi connectivity index (χ0) is 22.0. The Hall–Kier alpha value is -3.54. The molecule has 160 valence electrons. The number of amides is 1. The average molecular weight is 421 g/mol. The van der Waals surface area contributed by atoms with Gasteiger partial charge < -0.3 is 19.1 Å². The van der Waals surface area contributed by atoms with Crippen molar-refractivity contribution in [2.24, 2.45) is 0 Å². The standard InChI is InChI=1S/C25H24FNO4/c1-16-6-4-5-7-20(16)31-24-23(18-10-13-21(29-2)22(14-18)30-3)27(25(24)28)15-17-8-11-19(26)12-9-17/h4-14,23-24H,15H2,1-3H3/t23-,24-/m0/s1. The Labute approximate surface area is 181 Å². The molecular formula is C25H24FNO4. The van der Waals surface area contributed by atoms with E-state index in [2.05, 4.69) is 0 Å². The zero-order valence-electron chi connectivity index (χ0n) is 17.7. The lowest BCUT2D eigenvalue weighted by Gasteiger charge is -2.47. The molecule has 1 heterocycles. The number of hydrogen-bond acceptors (Lipinski definition) is 4. The van der Waals surface area contributed by atoms with Crippen molar-refractivity contribution in [3.63, 3.8) is 0 Å². The molecule has 1 fully saturated rings. The first kappa shape index (κ1) is 20.7. The van der Waals surface area contributed by atoms with Gasteiger partial charge in [-0.1, -0.05) is 36.4 Å². The molecule has 1 aliphatic rings. The molecule has 6 heteroatoms.